The van der Waals surface area contributed by atoms with Gasteiger partial charge in [0.15, 0.2) is 0 Å². The van der Waals surface area contributed by atoms with E-state index in [4.69, 9.17) is 9.72 Å². The summed E-state index contributed by atoms with van der Waals surface area (Å²) in [6, 6.07) is 12.4. The van der Waals surface area contributed by atoms with Crippen molar-refractivity contribution in [1.82, 2.24) is 19.7 Å². The van der Waals surface area contributed by atoms with Crippen molar-refractivity contribution in [3.8, 4) is 22.5 Å². The Morgan fingerprint density at radius 3 is 2.26 bits per heavy atom. The van der Waals surface area contributed by atoms with Crippen LogP contribution in [-0.4, -0.2) is 71.3 Å². The minimum atomic E-state index is -4.00. The molecule has 3 aromatic rings. The predicted octanol–water partition coefficient (Wildman–Crippen LogP) is 5.80. The summed E-state index contributed by atoms with van der Waals surface area (Å²) in [4.78, 5) is 21.8. The van der Waals surface area contributed by atoms with Crippen molar-refractivity contribution < 1.29 is 22.7 Å². The van der Waals surface area contributed by atoms with E-state index in [9.17, 15) is 18.0 Å². The molecule has 0 radical (unpaired) electrons. The highest BCUT2D eigenvalue weighted by atomic mass is 19.4. The van der Waals surface area contributed by atoms with E-state index >= 15 is 0 Å². The van der Waals surface area contributed by atoms with Crippen LogP contribution in [0.5, 0.6) is 0 Å². The van der Waals surface area contributed by atoms with E-state index in [1.54, 1.807) is 0 Å². The highest BCUT2D eigenvalue weighted by Crippen LogP contribution is 2.33. The number of aromatic nitrogens is 3. The maximum Gasteiger partial charge on any atom is 0.386 e. The fourth-order valence-corrected chi connectivity index (χ4v) is 4.58. The number of aryl methyl sites for hydroxylation is 3. The first kappa shape index (κ1) is 28.4. The molecule has 0 spiro atoms. The number of carbonyl (C=O) groups is 1. The monoisotopic (exact) mass is 544 g/mol. The summed E-state index contributed by atoms with van der Waals surface area (Å²) in [6.07, 6.45) is -1.85. The van der Waals surface area contributed by atoms with Crippen molar-refractivity contribution in [2.75, 3.05) is 49.6 Å². The Labute approximate surface area is 226 Å². The number of halogens is 3. The van der Waals surface area contributed by atoms with Crippen LogP contribution in [0, 0.1) is 13.8 Å². The van der Waals surface area contributed by atoms with Crippen molar-refractivity contribution in [1.29, 1.82) is 0 Å². The number of ether oxygens (including phenoxy) is 1. The number of pyridine rings is 1. The molecule has 2 amide bonds. The van der Waals surface area contributed by atoms with E-state index in [1.165, 1.54) is 0 Å². The van der Waals surface area contributed by atoms with E-state index in [1.807, 2.05) is 29.6 Å². The van der Waals surface area contributed by atoms with Crippen LogP contribution in [-0.2, 0) is 11.8 Å². The first-order valence-corrected chi connectivity index (χ1v) is 13.1. The predicted molar refractivity (Wildman–Crippen MR) is 146 cm³/mol. The van der Waals surface area contributed by atoms with Crippen molar-refractivity contribution in [2.24, 2.45) is 7.05 Å². The molecule has 2 aliphatic rings. The quantitative estimate of drug-likeness (QED) is 0.450. The van der Waals surface area contributed by atoms with Gasteiger partial charge in [0.25, 0.3) is 0 Å². The standard InChI is InChI=1S/C26H32N6O2.C2H3F3/c1-18-6-7-21(27-26(33)32-8-4-5-9-32)17-22(18)20-15-23(24-14-19(2)30(3)29-24)28-25(16-20)31-10-12-34-13-11-31;1-2(3,4)5/h6-7,14-17H,4-5,8-13H2,1-3H3,(H,27,33);1H3. The lowest BCUT2D eigenvalue weighted by atomic mass is 9.99. The molecular formula is C28H35F3N6O2. The van der Waals surface area contributed by atoms with Crippen LogP contribution < -0.4 is 10.2 Å². The van der Waals surface area contributed by atoms with E-state index in [0.717, 1.165) is 84.3 Å². The minimum absolute atomic E-state index is 0.0271. The molecule has 0 unspecified atom stereocenters. The second-order valence-electron chi connectivity index (χ2n) is 9.93. The summed E-state index contributed by atoms with van der Waals surface area (Å²) in [5, 5.41) is 7.76. The molecule has 0 bridgehead atoms. The normalized spacial score (nSPS) is 15.7. The zero-order chi connectivity index (χ0) is 28.2. The van der Waals surface area contributed by atoms with Gasteiger partial charge in [-0.25, -0.2) is 9.78 Å². The molecule has 210 valence electrons. The van der Waals surface area contributed by atoms with Crippen LogP contribution in [0.2, 0.25) is 0 Å². The third kappa shape index (κ3) is 7.72. The minimum Gasteiger partial charge on any atom is -0.378 e. The number of anilines is 2. The molecule has 0 atom stereocenters. The maximum absolute atomic E-state index is 12.7. The lowest BCUT2D eigenvalue weighted by Gasteiger charge is -2.28. The van der Waals surface area contributed by atoms with Crippen LogP contribution in [0.15, 0.2) is 36.4 Å². The molecule has 2 aromatic heterocycles. The van der Waals surface area contributed by atoms with E-state index < -0.39 is 6.18 Å². The number of alkyl halides is 3. The number of hydrogen-bond acceptors (Lipinski definition) is 5. The van der Waals surface area contributed by atoms with Gasteiger partial charge in [-0.05, 0) is 73.7 Å². The Balaban J connectivity index is 0.000000648. The molecule has 1 aromatic carbocycles. The molecular weight excluding hydrogens is 509 g/mol. The number of benzene rings is 1. The number of amides is 2. The number of nitrogens with one attached hydrogen (secondary N) is 1. The van der Waals surface area contributed by atoms with Crippen LogP contribution >= 0.6 is 0 Å². The first-order chi connectivity index (χ1) is 18.5. The second kappa shape index (κ2) is 12.1. The lowest BCUT2D eigenvalue weighted by Crippen LogP contribution is -2.36. The van der Waals surface area contributed by atoms with E-state index in [-0.39, 0.29) is 13.0 Å². The number of urea groups is 1. The molecule has 0 aliphatic carbocycles. The van der Waals surface area contributed by atoms with Gasteiger partial charge in [0.1, 0.15) is 11.5 Å². The third-order valence-corrected chi connectivity index (χ3v) is 6.72. The van der Waals surface area contributed by atoms with Crippen LogP contribution in [0.25, 0.3) is 22.5 Å². The van der Waals surface area contributed by atoms with Gasteiger partial charge in [0.05, 0.1) is 18.9 Å². The molecule has 1 N–H and O–H groups in total. The number of nitrogens with zero attached hydrogens (tertiary/aromatic N) is 5. The topological polar surface area (TPSA) is 75.5 Å². The Morgan fingerprint density at radius 1 is 0.974 bits per heavy atom. The number of hydrogen-bond donors (Lipinski definition) is 1. The highest BCUT2D eigenvalue weighted by Gasteiger charge is 2.20. The van der Waals surface area contributed by atoms with Gasteiger partial charge in [0.2, 0.25) is 0 Å². The van der Waals surface area contributed by atoms with Gasteiger partial charge in [-0.3, -0.25) is 4.68 Å². The number of likely N-dealkylation sites (tertiary alicyclic amines) is 1. The summed E-state index contributed by atoms with van der Waals surface area (Å²) in [7, 11) is 1.95. The molecule has 2 aliphatic heterocycles. The molecule has 2 fully saturated rings. The lowest BCUT2D eigenvalue weighted by molar-refractivity contribution is -0.110. The molecule has 8 nitrogen and oxygen atoms in total. The van der Waals surface area contributed by atoms with Crippen molar-refractivity contribution in [3.63, 3.8) is 0 Å². The third-order valence-electron chi connectivity index (χ3n) is 6.72. The van der Waals surface area contributed by atoms with Crippen LogP contribution in [0.3, 0.4) is 0 Å². The average molecular weight is 545 g/mol. The largest absolute Gasteiger partial charge is 0.386 e. The summed E-state index contributed by atoms with van der Waals surface area (Å²) < 4.78 is 38.5. The van der Waals surface area contributed by atoms with E-state index in [2.05, 4.69) is 52.6 Å². The second-order valence-corrected chi connectivity index (χ2v) is 9.93. The fraction of sp³-hybridized carbons (Fsp3) is 0.464. The van der Waals surface area contributed by atoms with Gasteiger partial charge < -0.3 is 19.9 Å². The van der Waals surface area contributed by atoms with Crippen molar-refractivity contribution >= 4 is 17.5 Å². The Hall–Kier alpha value is -3.60. The molecule has 11 heteroatoms. The van der Waals surface area contributed by atoms with Crippen molar-refractivity contribution in [3.05, 3.63) is 47.7 Å². The molecule has 4 heterocycles. The van der Waals surface area contributed by atoms with Gasteiger partial charge in [0, 0.05) is 51.5 Å². The summed E-state index contributed by atoms with van der Waals surface area (Å²) in [6.45, 7) is 8.98. The van der Waals surface area contributed by atoms with Gasteiger partial charge in [-0.1, -0.05) is 6.07 Å². The summed E-state index contributed by atoms with van der Waals surface area (Å²) >= 11 is 0. The average Bonchev–Trinajstić information content (AvgIpc) is 3.55. The zero-order valence-electron chi connectivity index (χ0n) is 22.8. The Kier molecular flexibility index (Phi) is 8.79. The molecule has 39 heavy (non-hydrogen) atoms. The van der Waals surface area contributed by atoms with Gasteiger partial charge in [-0.2, -0.15) is 18.3 Å². The number of morpholine rings is 1. The van der Waals surface area contributed by atoms with Gasteiger partial charge in [-0.15, -0.1) is 0 Å². The SMILES string of the molecule is CC(F)(F)F.Cc1ccc(NC(=O)N2CCCC2)cc1-c1cc(-c2cc(C)n(C)n2)nc(N2CCOCC2)c1. The summed E-state index contributed by atoms with van der Waals surface area (Å²) in [5.74, 6) is 0.921. The first-order valence-electron chi connectivity index (χ1n) is 13.1. The zero-order valence-corrected chi connectivity index (χ0v) is 22.8. The fourth-order valence-electron chi connectivity index (χ4n) is 4.58. The Bertz CT molecular complexity index is 1270. The van der Waals surface area contributed by atoms with Crippen LogP contribution in [0.1, 0.15) is 31.0 Å². The van der Waals surface area contributed by atoms with E-state index in [0.29, 0.717) is 13.2 Å². The van der Waals surface area contributed by atoms with Crippen LogP contribution in [0.4, 0.5) is 29.5 Å². The number of carbonyl (C=O) groups excluding carboxylic acids is 1. The molecule has 0 saturated carbocycles. The molecule has 5 rings (SSSR count). The Morgan fingerprint density at radius 2 is 1.64 bits per heavy atom. The highest BCUT2D eigenvalue weighted by molar-refractivity contribution is 5.91. The maximum atomic E-state index is 12.7. The van der Waals surface area contributed by atoms with Gasteiger partial charge >= 0.3 is 12.2 Å². The smallest absolute Gasteiger partial charge is 0.378 e. The number of rotatable bonds is 4. The summed E-state index contributed by atoms with van der Waals surface area (Å²) in [5.41, 5.74) is 6.85. The van der Waals surface area contributed by atoms with Crippen molar-refractivity contribution in [2.45, 2.75) is 39.8 Å². The molecule has 2 saturated heterocycles.